The number of nitrogens with one attached hydrogen (secondary N) is 1. The lowest BCUT2D eigenvalue weighted by atomic mass is 10.0. The summed E-state index contributed by atoms with van der Waals surface area (Å²) >= 11 is 0. The van der Waals surface area contributed by atoms with Crippen LogP contribution in [0.1, 0.15) is 37.9 Å². The fraction of sp³-hybridized carbons (Fsp3) is 0.600. The fourth-order valence-corrected chi connectivity index (χ4v) is 1.90. The lowest BCUT2D eigenvalue weighted by Crippen LogP contribution is -2.34. The van der Waals surface area contributed by atoms with Crippen LogP contribution in [0.4, 0.5) is 0 Å². The van der Waals surface area contributed by atoms with Gasteiger partial charge in [-0.1, -0.05) is 24.3 Å². The summed E-state index contributed by atoms with van der Waals surface area (Å²) in [4.78, 5) is 2.36. The van der Waals surface area contributed by atoms with Crippen LogP contribution in [0, 0.1) is 6.92 Å². The molecular formula is C15H26N2. The molecule has 2 heteroatoms. The predicted molar refractivity (Wildman–Crippen MR) is 75.4 cm³/mol. The van der Waals surface area contributed by atoms with Gasteiger partial charge in [-0.2, -0.15) is 0 Å². The first kappa shape index (κ1) is 14.2. The van der Waals surface area contributed by atoms with Crippen LogP contribution in [-0.2, 0) is 0 Å². The maximum atomic E-state index is 3.58. The van der Waals surface area contributed by atoms with Crippen LogP contribution < -0.4 is 5.32 Å². The van der Waals surface area contributed by atoms with Crippen LogP contribution >= 0.6 is 0 Å². The summed E-state index contributed by atoms with van der Waals surface area (Å²) in [6.07, 6.45) is 0. The first-order valence-electron chi connectivity index (χ1n) is 6.51. The normalized spacial score (nSPS) is 13.4. The number of likely N-dealkylation sites (N-methyl/N-ethyl adjacent to an activating group) is 1. The molecule has 1 N–H and O–H groups in total. The van der Waals surface area contributed by atoms with Crippen LogP contribution in [0.3, 0.4) is 0 Å². The van der Waals surface area contributed by atoms with Crippen LogP contribution in [0.25, 0.3) is 0 Å². The quantitative estimate of drug-likeness (QED) is 0.814. The number of rotatable bonds is 6. The van der Waals surface area contributed by atoms with Crippen molar-refractivity contribution in [2.24, 2.45) is 0 Å². The molecule has 1 aromatic carbocycles. The number of aryl methyl sites for hydroxylation is 1. The van der Waals surface area contributed by atoms with Gasteiger partial charge in [-0.15, -0.1) is 0 Å². The molecule has 17 heavy (non-hydrogen) atoms. The molecule has 0 bridgehead atoms. The first-order valence-corrected chi connectivity index (χ1v) is 6.51. The monoisotopic (exact) mass is 234 g/mol. The Kier molecular flexibility index (Phi) is 5.66. The third-order valence-corrected chi connectivity index (χ3v) is 3.45. The smallest absolute Gasteiger partial charge is 0.0294 e. The van der Waals surface area contributed by atoms with Gasteiger partial charge in [0.15, 0.2) is 0 Å². The molecule has 0 heterocycles. The number of benzene rings is 1. The van der Waals surface area contributed by atoms with Crippen molar-refractivity contribution in [3.05, 3.63) is 35.4 Å². The first-order chi connectivity index (χ1) is 8.02. The number of hydrogen-bond donors (Lipinski definition) is 1. The van der Waals surface area contributed by atoms with Gasteiger partial charge in [-0.05, 0) is 45.9 Å². The molecule has 0 spiro atoms. The number of hydrogen-bond acceptors (Lipinski definition) is 2. The van der Waals surface area contributed by atoms with Crippen LogP contribution in [0.2, 0.25) is 0 Å². The topological polar surface area (TPSA) is 15.3 Å². The van der Waals surface area contributed by atoms with Gasteiger partial charge in [0.1, 0.15) is 0 Å². The van der Waals surface area contributed by atoms with E-state index < -0.39 is 0 Å². The zero-order valence-electron chi connectivity index (χ0n) is 11.8. The van der Waals surface area contributed by atoms with Gasteiger partial charge in [-0.3, -0.25) is 0 Å². The molecular weight excluding hydrogens is 208 g/mol. The van der Waals surface area contributed by atoms with Gasteiger partial charge >= 0.3 is 0 Å². The molecule has 1 atom stereocenters. The van der Waals surface area contributed by atoms with Gasteiger partial charge in [0.25, 0.3) is 0 Å². The summed E-state index contributed by atoms with van der Waals surface area (Å²) in [6.45, 7) is 11.0. The summed E-state index contributed by atoms with van der Waals surface area (Å²) in [6, 6.07) is 9.63. The van der Waals surface area contributed by atoms with E-state index in [1.807, 2.05) is 0 Å². The second-order valence-corrected chi connectivity index (χ2v) is 5.11. The third-order valence-electron chi connectivity index (χ3n) is 3.45. The average molecular weight is 234 g/mol. The lowest BCUT2D eigenvalue weighted by molar-refractivity contribution is 0.270. The van der Waals surface area contributed by atoms with Crippen molar-refractivity contribution in [1.82, 2.24) is 10.2 Å². The molecule has 0 saturated carbocycles. The molecule has 1 rings (SSSR count). The highest BCUT2D eigenvalue weighted by Crippen LogP contribution is 2.16. The second-order valence-electron chi connectivity index (χ2n) is 5.11. The Balaban J connectivity index is 2.40. The Hall–Kier alpha value is -0.860. The Morgan fingerprint density at radius 1 is 1.18 bits per heavy atom. The predicted octanol–water partition coefficient (Wildman–Crippen LogP) is 2.99. The van der Waals surface area contributed by atoms with Gasteiger partial charge in [0.2, 0.25) is 0 Å². The minimum atomic E-state index is 0.428. The molecule has 0 radical (unpaired) electrons. The van der Waals surface area contributed by atoms with E-state index in [9.17, 15) is 0 Å². The van der Waals surface area contributed by atoms with Crippen LogP contribution in [-0.4, -0.2) is 31.1 Å². The highest BCUT2D eigenvalue weighted by atomic mass is 15.1. The number of nitrogens with zero attached hydrogens (tertiary/aromatic N) is 1. The Bertz CT molecular complexity index is 333. The van der Waals surface area contributed by atoms with Gasteiger partial charge in [0, 0.05) is 25.2 Å². The van der Waals surface area contributed by atoms with Crippen molar-refractivity contribution in [3.63, 3.8) is 0 Å². The summed E-state index contributed by atoms with van der Waals surface area (Å²) in [7, 11) is 2.17. The van der Waals surface area contributed by atoms with Crippen LogP contribution in [0.15, 0.2) is 24.3 Å². The van der Waals surface area contributed by atoms with E-state index >= 15 is 0 Å². The van der Waals surface area contributed by atoms with Crippen molar-refractivity contribution in [2.45, 2.75) is 39.8 Å². The molecule has 0 aliphatic heterocycles. The molecule has 2 nitrogen and oxygen atoms in total. The van der Waals surface area contributed by atoms with E-state index in [4.69, 9.17) is 0 Å². The molecule has 0 aromatic heterocycles. The van der Waals surface area contributed by atoms with E-state index in [0.29, 0.717) is 12.1 Å². The minimum absolute atomic E-state index is 0.428. The zero-order valence-corrected chi connectivity index (χ0v) is 11.8. The van der Waals surface area contributed by atoms with Crippen molar-refractivity contribution in [2.75, 3.05) is 20.1 Å². The molecule has 0 amide bonds. The molecule has 0 saturated heterocycles. The molecule has 0 aliphatic rings. The van der Waals surface area contributed by atoms with E-state index in [2.05, 4.69) is 69.2 Å². The SMILES string of the molecule is Cc1ccccc1C(C)NCCN(C)C(C)C. The van der Waals surface area contributed by atoms with Gasteiger partial charge < -0.3 is 10.2 Å². The summed E-state index contributed by atoms with van der Waals surface area (Å²) in [5, 5.41) is 3.58. The highest BCUT2D eigenvalue weighted by molar-refractivity contribution is 5.28. The van der Waals surface area contributed by atoms with Crippen molar-refractivity contribution >= 4 is 0 Å². The molecule has 1 aromatic rings. The maximum Gasteiger partial charge on any atom is 0.0294 e. The lowest BCUT2D eigenvalue weighted by Gasteiger charge is -2.23. The van der Waals surface area contributed by atoms with Crippen LogP contribution in [0.5, 0.6) is 0 Å². The van der Waals surface area contributed by atoms with E-state index in [-0.39, 0.29) is 0 Å². The Morgan fingerprint density at radius 2 is 1.82 bits per heavy atom. The van der Waals surface area contributed by atoms with Gasteiger partial charge in [-0.25, -0.2) is 0 Å². The average Bonchev–Trinajstić information content (AvgIpc) is 2.29. The summed E-state index contributed by atoms with van der Waals surface area (Å²) in [5.41, 5.74) is 2.77. The van der Waals surface area contributed by atoms with Crippen molar-refractivity contribution in [1.29, 1.82) is 0 Å². The zero-order chi connectivity index (χ0) is 12.8. The Labute approximate surface area is 106 Å². The van der Waals surface area contributed by atoms with E-state index in [1.165, 1.54) is 11.1 Å². The summed E-state index contributed by atoms with van der Waals surface area (Å²) in [5.74, 6) is 0. The third kappa shape index (κ3) is 4.49. The molecule has 96 valence electrons. The van der Waals surface area contributed by atoms with E-state index in [1.54, 1.807) is 0 Å². The van der Waals surface area contributed by atoms with Crippen molar-refractivity contribution in [3.8, 4) is 0 Å². The minimum Gasteiger partial charge on any atom is -0.309 e. The van der Waals surface area contributed by atoms with E-state index in [0.717, 1.165) is 13.1 Å². The standard InChI is InChI=1S/C15H26N2/c1-12(2)17(5)11-10-16-14(4)15-9-7-6-8-13(15)3/h6-9,12,14,16H,10-11H2,1-5H3. The van der Waals surface area contributed by atoms with Crippen molar-refractivity contribution < 1.29 is 0 Å². The Morgan fingerprint density at radius 3 is 2.41 bits per heavy atom. The molecule has 1 unspecified atom stereocenters. The summed E-state index contributed by atoms with van der Waals surface area (Å²) < 4.78 is 0. The molecule has 0 fully saturated rings. The fourth-order valence-electron chi connectivity index (χ4n) is 1.90. The maximum absolute atomic E-state index is 3.58. The molecule has 0 aliphatic carbocycles. The second kappa shape index (κ2) is 6.77. The van der Waals surface area contributed by atoms with Gasteiger partial charge in [0.05, 0.1) is 0 Å². The largest absolute Gasteiger partial charge is 0.309 e. The highest BCUT2D eigenvalue weighted by Gasteiger charge is 2.08.